The van der Waals surface area contributed by atoms with E-state index in [0.29, 0.717) is 0 Å². The van der Waals surface area contributed by atoms with Gasteiger partial charge in [0.1, 0.15) is 0 Å². The van der Waals surface area contributed by atoms with Crippen LogP contribution in [-0.4, -0.2) is 0 Å². The Balaban J connectivity index is 1.02. The summed E-state index contributed by atoms with van der Waals surface area (Å²) in [5, 5.41) is 7.27. The van der Waals surface area contributed by atoms with Crippen molar-refractivity contribution in [2.45, 2.75) is 6.92 Å². The second-order valence-corrected chi connectivity index (χ2v) is 18.4. The van der Waals surface area contributed by atoms with Gasteiger partial charge in [-0.3, -0.25) is 0 Å². The van der Waals surface area contributed by atoms with Crippen molar-refractivity contribution < 1.29 is 0 Å². The molecular formula is C65H46N2S. The Bertz CT molecular complexity index is 3630. The van der Waals surface area contributed by atoms with Crippen LogP contribution in [-0.2, 0) is 0 Å². The normalized spacial score (nSPS) is 11.3. The quantitative estimate of drug-likeness (QED) is 0.135. The van der Waals surface area contributed by atoms with E-state index < -0.39 is 0 Å². The highest BCUT2D eigenvalue weighted by molar-refractivity contribution is 7.20. The van der Waals surface area contributed by atoms with E-state index in [4.69, 9.17) is 0 Å². The van der Waals surface area contributed by atoms with Crippen LogP contribution in [0.1, 0.15) is 5.56 Å². The van der Waals surface area contributed by atoms with Gasteiger partial charge < -0.3 is 9.80 Å². The highest BCUT2D eigenvalue weighted by Crippen LogP contribution is 2.53. The van der Waals surface area contributed by atoms with Crippen LogP contribution in [0.4, 0.5) is 34.1 Å². The van der Waals surface area contributed by atoms with Gasteiger partial charge in [0.25, 0.3) is 0 Å². The molecule has 68 heavy (non-hydrogen) atoms. The summed E-state index contributed by atoms with van der Waals surface area (Å²) in [6.07, 6.45) is 0. The lowest BCUT2D eigenvalue weighted by Crippen LogP contribution is -2.11. The molecule has 322 valence electrons. The highest BCUT2D eigenvalue weighted by atomic mass is 32.1. The number of rotatable bonds is 10. The predicted octanol–water partition coefficient (Wildman–Crippen LogP) is 19.1. The Kier molecular flexibility index (Phi) is 10.7. The fourth-order valence-electron chi connectivity index (χ4n) is 9.86. The molecule has 12 rings (SSSR count). The smallest absolute Gasteiger partial charge is 0.0540 e. The Labute approximate surface area is 401 Å². The topological polar surface area (TPSA) is 6.48 Å². The monoisotopic (exact) mass is 886 g/mol. The molecule has 0 fully saturated rings. The molecular weight excluding hydrogens is 841 g/mol. The zero-order valence-corrected chi connectivity index (χ0v) is 38.4. The fraction of sp³-hybridized carbons (Fsp3) is 0.0154. The Morgan fingerprint density at radius 3 is 1.00 bits per heavy atom. The number of aryl methyl sites for hydroxylation is 1. The first-order valence-corrected chi connectivity index (χ1v) is 24.1. The van der Waals surface area contributed by atoms with Gasteiger partial charge in [0.2, 0.25) is 0 Å². The second-order valence-electron chi connectivity index (χ2n) is 17.3. The third-order valence-electron chi connectivity index (χ3n) is 13.1. The Morgan fingerprint density at radius 1 is 0.265 bits per heavy atom. The lowest BCUT2D eigenvalue weighted by Gasteiger charge is -2.28. The molecule has 0 unspecified atom stereocenters. The van der Waals surface area contributed by atoms with E-state index in [1.807, 2.05) is 11.3 Å². The van der Waals surface area contributed by atoms with Gasteiger partial charge >= 0.3 is 0 Å². The highest BCUT2D eigenvalue weighted by Gasteiger charge is 2.25. The van der Waals surface area contributed by atoms with Crippen LogP contribution in [0.15, 0.2) is 261 Å². The van der Waals surface area contributed by atoms with Gasteiger partial charge in [-0.2, -0.15) is 0 Å². The summed E-state index contributed by atoms with van der Waals surface area (Å²) in [5.41, 5.74) is 15.2. The van der Waals surface area contributed by atoms with E-state index in [9.17, 15) is 0 Å². The van der Waals surface area contributed by atoms with Crippen LogP contribution >= 0.6 is 11.3 Å². The number of nitrogens with zero attached hydrogens (tertiary/aromatic N) is 2. The van der Waals surface area contributed by atoms with Crippen molar-refractivity contribution in [3.05, 3.63) is 266 Å². The maximum atomic E-state index is 2.43. The Morgan fingerprint density at radius 2 is 0.588 bits per heavy atom. The van der Waals surface area contributed by atoms with Gasteiger partial charge in [0.05, 0.1) is 17.1 Å². The molecule has 0 saturated carbocycles. The van der Waals surface area contributed by atoms with Gasteiger partial charge in [-0.25, -0.2) is 0 Å². The second kappa shape index (κ2) is 17.7. The summed E-state index contributed by atoms with van der Waals surface area (Å²) >= 11 is 1.88. The fourth-order valence-corrected chi connectivity index (χ4v) is 11.2. The van der Waals surface area contributed by atoms with Crippen molar-refractivity contribution >= 4 is 77.8 Å². The van der Waals surface area contributed by atoms with E-state index in [1.165, 1.54) is 81.0 Å². The number of thiophene rings is 1. The van der Waals surface area contributed by atoms with Crippen LogP contribution in [0.3, 0.4) is 0 Å². The van der Waals surface area contributed by atoms with Gasteiger partial charge in [0.15, 0.2) is 0 Å². The molecule has 0 bridgehead atoms. The predicted molar refractivity (Wildman–Crippen MR) is 293 cm³/mol. The van der Waals surface area contributed by atoms with E-state index in [0.717, 1.165) is 34.1 Å². The molecule has 2 nitrogen and oxygen atoms in total. The summed E-state index contributed by atoms with van der Waals surface area (Å²) in [6.45, 7) is 2.14. The molecule has 0 radical (unpaired) electrons. The minimum absolute atomic E-state index is 1.10. The first-order valence-electron chi connectivity index (χ1n) is 23.2. The van der Waals surface area contributed by atoms with Crippen LogP contribution in [0.25, 0.3) is 75.5 Å². The largest absolute Gasteiger partial charge is 0.310 e. The molecule has 0 saturated heterocycles. The molecule has 12 aromatic rings. The van der Waals surface area contributed by atoms with Crippen molar-refractivity contribution in [1.82, 2.24) is 0 Å². The average molecular weight is 887 g/mol. The van der Waals surface area contributed by atoms with E-state index >= 15 is 0 Å². The summed E-state index contributed by atoms with van der Waals surface area (Å²) < 4.78 is 0. The van der Waals surface area contributed by atoms with Gasteiger partial charge in [0, 0.05) is 54.1 Å². The van der Waals surface area contributed by atoms with Gasteiger partial charge in [-0.1, -0.05) is 212 Å². The van der Waals surface area contributed by atoms with Crippen LogP contribution in [0.2, 0.25) is 0 Å². The van der Waals surface area contributed by atoms with Crippen molar-refractivity contribution in [3.8, 4) is 43.1 Å². The third kappa shape index (κ3) is 7.49. The first-order chi connectivity index (χ1) is 33.7. The summed E-state index contributed by atoms with van der Waals surface area (Å²) in [6, 6.07) is 95.0. The minimum atomic E-state index is 1.10. The lowest BCUT2D eigenvalue weighted by atomic mass is 9.91. The lowest BCUT2D eigenvalue weighted by molar-refractivity contribution is 1.29. The average Bonchev–Trinajstić information content (AvgIpc) is 3.81. The maximum absolute atomic E-state index is 2.43. The van der Waals surface area contributed by atoms with E-state index in [2.05, 4.69) is 278 Å². The molecule has 0 aliphatic carbocycles. The number of anilines is 6. The molecule has 0 spiro atoms. The molecule has 1 heterocycles. The van der Waals surface area contributed by atoms with Gasteiger partial charge in [-0.15, -0.1) is 11.3 Å². The summed E-state index contributed by atoms with van der Waals surface area (Å²) in [7, 11) is 0. The number of fused-ring (bicyclic) bond motifs is 3. The van der Waals surface area contributed by atoms with Crippen molar-refractivity contribution in [1.29, 1.82) is 0 Å². The zero-order chi connectivity index (χ0) is 45.4. The van der Waals surface area contributed by atoms with Crippen LogP contribution < -0.4 is 9.80 Å². The molecule has 11 aromatic carbocycles. The van der Waals surface area contributed by atoms with Crippen LogP contribution in [0.5, 0.6) is 0 Å². The first kappa shape index (κ1) is 41.0. The Hall–Kier alpha value is -8.50. The minimum Gasteiger partial charge on any atom is -0.310 e. The number of benzene rings is 11. The SMILES string of the molecule is Cc1ccc(N(c2ccc(-c3sc(-c4ccc(N(c5cccc6ccccc56)c5cccc6ccccc56)cc4)c(-c4ccccc4)c3-c3ccccc3)cc2)c2cccc3ccccc23)cc1. The van der Waals surface area contributed by atoms with E-state index in [1.54, 1.807) is 0 Å². The van der Waals surface area contributed by atoms with Gasteiger partial charge in [-0.05, 0) is 99.9 Å². The van der Waals surface area contributed by atoms with E-state index in [-0.39, 0.29) is 0 Å². The zero-order valence-electron chi connectivity index (χ0n) is 37.6. The molecule has 0 atom stereocenters. The molecule has 1 aromatic heterocycles. The maximum Gasteiger partial charge on any atom is 0.0540 e. The molecule has 0 N–H and O–H groups in total. The summed E-state index contributed by atoms with van der Waals surface area (Å²) in [4.78, 5) is 7.29. The standard InChI is InChI=1S/C65H46N2S/c1-45-33-39-53(40-34-45)66(59-30-14-24-46-17-8-11-27-56(46)59)54-41-35-51(36-42-54)64-62(49-20-4-2-5-21-49)63(50-22-6-3-7-23-50)65(68-64)52-37-43-55(44-38-52)67(60-31-15-25-47-18-9-12-28-57(47)60)61-32-16-26-48-19-10-13-29-58(48)61/h2-44H,1H3. The van der Waals surface area contributed by atoms with Crippen molar-refractivity contribution in [2.24, 2.45) is 0 Å². The number of hydrogen-bond acceptors (Lipinski definition) is 3. The number of hydrogen-bond donors (Lipinski definition) is 0. The molecule has 0 aliphatic rings. The molecule has 0 aliphatic heterocycles. The van der Waals surface area contributed by atoms with Crippen LogP contribution in [0, 0.1) is 6.92 Å². The van der Waals surface area contributed by atoms with Crippen molar-refractivity contribution in [3.63, 3.8) is 0 Å². The third-order valence-corrected chi connectivity index (χ3v) is 14.4. The summed E-state index contributed by atoms with van der Waals surface area (Å²) in [5.74, 6) is 0. The van der Waals surface area contributed by atoms with Crippen molar-refractivity contribution in [2.75, 3.05) is 9.80 Å². The molecule has 0 amide bonds. The molecule has 3 heteroatoms.